The van der Waals surface area contributed by atoms with Crippen LogP contribution >= 0.6 is 0 Å². The van der Waals surface area contributed by atoms with Crippen molar-refractivity contribution >= 4 is 5.91 Å². The Morgan fingerprint density at radius 1 is 1.20 bits per heavy atom. The Morgan fingerprint density at radius 2 is 1.92 bits per heavy atom. The first-order valence-electron chi connectivity index (χ1n) is 8.65. The molecule has 1 saturated heterocycles. The van der Waals surface area contributed by atoms with Gasteiger partial charge in [-0.1, -0.05) is 37.3 Å². The van der Waals surface area contributed by atoms with Crippen LogP contribution in [0.4, 0.5) is 0 Å². The highest BCUT2D eigenvalue weighted by molar-refractivity contribution is 5.95. The molecule has 2 heterocycles. The fourth-order valence-electron chi connectivity index (χ4n) is 3.27. The molecule has 0 saturated carbocycles. The summed E-state index contributed by atoms with van der Waals surface area (Å²) >= 11 is 0. The molecule has 1 atom stereocenters. The number of aromatic nitrogens is 1. The number of benzene rings is 1. The van der Waals surface area contributed by atoms with Crippen LogP contribution in [0.15, 0.2) is 48.8 Å². The van der Waals surface area contributed by atoms with Crippen molar-refractivity contribution in [1.29, 1.82) is 5.26 Å². The maximum atomic E-state index is 12.8. The molecule has 1 aliphatic heterocycles. The van der Waals surface area contributed by atoms with Gasteiger partial charge in [0.1, 0.15) is 6.04 Å². The molecule has 128 valence electrons. The number of carbonyl (C=O) groups excluding carboxylic acids is 1. The first-order chi connectivity index (χ1) is 12.2. The van der Waals surface area contributed by atoms with Crippen LogP contribution in [-0.2, 0) is 6.42 Å². The molecule has 1 aromatic heterocycles. The van der Waals surface area contributed by atoms with E-state index in [0.29, 0.717) is 26.2 Å². The van der Waals surface area contributed by atoms with Crippen LogP contribution in [0.2, 0.25) is 0 Å². The number of carbonyl (C=O) groups is 1. The van der Waals surface area contributed by atoms with E-state index in [4.69, 9.17) is 0 Å². The second-order valence-electron chi connectivity index (χ2n) is 6.16. The minimum atomic E-state index is -0.259. The van der Waals surface area contributed by atoms with E-state index in [1.807, 2.05) is 42.2 Å². The van der Waals surface area contributed by atoms with Gasteiger partial charge in [0.25, 0.3) is 5.91 Å². The Morgan fingerprint density at radius 3 is 2.56 bits per heavy atom. The number of aryl methyl sites for hydroxylation is 1. The lowest BCUT2D eigenvalue weighted by Crippen LogP contribution is -2.49. The summed E-state index contributed by atoms with van der Waals surface area (Å²) in [5.41, 5.74) is 2.73. The second kappa shape index (κ2) is 7.91. The zero-order valence-electron chi connectivity index (χ0n) is 14.4. The number of pyridine rings is 1. The fraction of sp³-hybridized carbons (Fsp3) is 0.350. The van der Waals surface area contributed by atoms with Gasteiger partial charge < -0.3 is 4.90 Å². The average Bonchev–Trinajstić information content (AvgIpc) is 2.69. The topological polar surface area (TPSA) is 60.2 Å². The predicted molar refractivity (Wildman–Crippen MR) is 95.9 cm³/mol. The summed E-state index contributed by atoms with van der Waals surface area (Å²) < 4.78 is 0. The van der Waals surface area contributed by atoms with Gasteiger partial charge >= 0.3 is 0 Å². The molecule has 0 spiro atoms. The van der Waals surface area contributed by atoms with Gasteiger partial charge in [0.2, 0.25) is 0 Å². The Kier molecular flexibility index (Phi) is 5.42. The number of nitrogens with zero attached hydrogens (tertiary/aromatic N) is 4. The molecular formula is C20H22N4O. The van der Waals surface area contributed by atoms with Gasteiger partial charge in [-0.3, -0.25) is 14.7 Å². The minimum absolute atomic E-state index is 0.0621. The van der Waals surface area contributed by atoms with E-state index < -0.39 is 0 Å². The highest BCUT2D eigenvalue weighted by Crippen LogP contribution is 2.22. The van der Waals surface area contributed by atoms with Crippen molar-refractivity contribution in [2.24, 2.45) is 0 Å². The molecule has 25 heavy (non-hydrogen) atoms. The standard InChI is InChI=1S/C20H22N4O/c1-2-16-15-22-9-8-18(16)20(25)24-12-10-23(11-13-24)19(14-21)17-6-4-3-5-7-17/h3-9,15,19H,2,10-13H2,1H3/t19-/m0/s1. The normalized spacial score (nSPS) is 16.2. The highest BCUT2D eigenvalue weighted by Gasteiger charge is 2.28. The SMILES string of the molecule is CCc1cnccc1C(=O)N1CCN([C@@H](C#N)c2ccccc2)CC1. The number of piperazine rings is 1. The molecular weight excluding hydrogens is 312 g/mol. The summed E-state index contributed by atoms with van der Waals surface area (Å²) in [7, 11) is 0. The van der Waals surface area contributed by atoms with Crippen molar-refractivity contribution in [2.75, 3.05) is 26.2 Å². The van der Waals surface area contributed by atoms with E-state index in [2.05, 4.69) is 16.0 Å². The van der Waals surface area contributed by atoms with E-state index in [1.165, 1.54) is 0 Å². The van der Waals surface area contributed by atoms with Gasteiger partial charge in [-0.15, -0.1) is 0 Å². The number of rotatable bonds is 4. The second-order valence-corrected chi connectivity index (χ2v) is 6.16. The molecule has 5 heteroatoms. The summed E-state index contributed by atoms with van der Waals surface area (Å²) in [5, 5.41) is 9.57. The van der Waals surface area contributed by atoms with E-state index in [-0.39, 0.29) is 11.9 Å². The van der Waals surface area contributed by atoms with Crippen molar-refractivity contribution in [3.05, 3.63) is 65.5 Å². The molecule has 1 amide bonds. The summed E-state index contributed by atoms with van der Waals surface area (Å²) in [6.07, 6.45) is 4.23. The van der Waals surface area contributed by atoms with Crippen LogP contribution in [0.25, 0.3) is 0 Å². The van der Waals surface area contributed by atoms with E-state index in [1.54, 1.807) is 18.5 Å². The van der Waals surface area contributed by atoms with Crippen LogP contribution in [0.5, 0.6) is 0 Å². The summed E-state index contributed by atoms with van der Waals surface area (Å²) in [5.74, 6) is 0.0621. The van der Waals surface area contributed by atoms with Crippen LogP contribution < -0.4 is 0 Å². The Labute approximate surface area is 148 Å². The minimum Gasteiger partial charge on any atom is -0.336 e. The summed E-state index contributed by atoms with van der Waals surface area (Å²) in [4.78, 5) is 20.9. The van der Waals surface area contributed by atoms with Crippen molar-refractivity contribution in [1.82, 2.24) is 14.8 Å². The van der Waals surface area contributed by atoms with Crippen LogP contribution in [0, 0.1) is 11.3 Å². The smallest absolute Gasteiger partial charge is 0.254 e. The van der Waals surface area contributed by atoms with Gasteiger partial charge in [0.15, 0.2) is 0 Å². The van der Waals surface area contributed by atoms with Crippen molar-refractivity contribution in [2.45, 2.75) is 19.4 Å². The third-order valence-electron chi connectivity index (χ3n) is 4.72. The quantitative estimate of drug-likeness (QED) is 0.862. The van der Waals surface area contributed by atoms with Crippen molar-refractivity contribution in [3.63, 3.8) is 0 Å². The third kappa shape index (κ3) is 3.70. The molecule has 0 bridgehead atoms. The Hall–Kier alpha value is -2.71. The molecule has 1 aromatic carbocycles. The van der Waals surface area contributed by atoms with Gasteiger partial charge in [0, 0.05) is 44.1 Å². The Balaban J connectivity index is 1.67. The summed E-state index contributed by atoms with van der Waals surface area (Å²) in [6.45, 7) is 4.70. The number of hydrogen-bond donors (Lipinski definition) is 0. The molecule has 3 rings (SSSR count). The molecule has 0 radical (unpaired) electrons. The lowest BCUT2D eigenvalue weighted by atomic mass is 10.0. The van der Waals surface area contributed by atoms with Gasteiger partial charge in [-0.25, -0.2) is 0 Å². The van der Waals surface area contributed by atoms with Gasteiger partial charge in [-0.05, 0) is 23.6 Å². The van der Waals surface area contributed by atoms with Crippen LogP contribution in [0.1, 0.15) is 34.5 Å². The molecule has 0 unspecified atom stereocenters. The lowest BCUT2D eigenvalue weighted by Gasteiger charge is -2.37. The largest absolute Gasteiger partial charge is 0.336 e. The third-order valence-corrected chi connectivity index (χ3v) is 4.72. The number of hydrogen-bond acceptors (Lipinski definition) is 4. The van der Waals surface area contributed by atoms with Crippen LogP contribution in [-0.4, -0.2) is 46.9 Å². The molecule has 1 aliphatic rings. The number of nitriles is 1. The van der Waals surface area contributed by atoms with Crippen molar-refractivity contribution in [3.8, 4) is 6.07 Å². The van der Waals surface area contributed by atoms with E-state index in [0.717, 1.165) is 23.1 Å². The number of amides is 1. The molecule has 1 fully saturated rings. The molecule has 5 nitrogen and oxygen atoms in total. The Bertz CT molecular complexity index is 761. The molecule has 0 N–H and O–H groups in total. The van der Waals surface area contributed by atoms with Gasteiger partial charge in [-0.2, -0.15) is 5.26 Å². The van der Waals surface area contributed by atoms with Crippen LogP contribution in [0.3, 0.4) is 0 Å². The maximum Gasteiger partial charge on any atom is 0.254 e. The molecule has 0 aliphatic carbocycles. The lowest BCUT2D eigenvalue weighted by molar-refractivity contribution is 0.0605. The highest BCUT2D eigenvalue weighted by atomic mass is 16.2. The molecule has 2 aromatic rings. The first-order valence-corrected chi connectivity index (χ1v) is 8.65. The zero-order chi connectivity index (χ0) is 17.6. The maximum absolute atomic E-state index is 12.8. The van der Waals surface area contributed by atoms with Gasteiger partial charge in [0.05, 0.1) is 6.07 Å². The van der Waals surface area contributed by atoms with E-state index >= 15 is 0 Å². The first kappa shape index (κ1) is 17.1. The zero-order valence-corrected chi connectivity index (χ0v) is 14.4. The fourth-order valence-corrected chi connectivity index (χ4v) is 3.27. The van der Waals surface area contributed by atoms with E-state index in [9.17, 15) is 10.1 Å². The predicted octanol–water partition coefficient (Wildman–Crippen LogP) is 2.67. The summed E-state index contributed by atoms with van der Waals surface area (Å²) in [6, 6.07) is 13.8. The monoisotopic (exact) mass is 334 g/mol. The average molecular weight is 334 g/mol. The van der Waals surface area contributed by atoms with Crippen molar-refractivity contribution < 1.29 is 4.79 Å².